The molecular weight excluding hydrogens is 521 g/mol. The fourth-order valence-corrected chi connectivity index (χ4v) is 3.95. The summed E-state index contributed by atoms with van der Waals surface area (Å²) in [6.45, 7) is 3.77. The quantitative estimate of drug-likeness (QED) is 0.346. The van der Waals surface area contributed by atoms with Crippen molar-refractivity contribution in [2.45, 2.75) is 26.3 Å². The molecule has 2 aromatic carbocycles. The van der Waals surface area contributed by atoms with Crippen LogP contribution in [0.3, 0.4) is 0 Å². The van der Waals surface area contributed by atoms with E-state index in [-0.39, 0.29) is 10.9 Å². The summed E-state index contributed by atoms with van der Waals surface area (Å²) in [4.78, 5) is 25.3. The van der Waals surface area contributed by atoms with E-state index in [9.17, 15) is 14.0 Å². The molecule has 0 aliphatic heterocycles. The van der Waals surface area contributed by atoms with Crippen LogP contribution in [0.2, 0.25) is 5.02 Å². The number of urea groups is 1. The van der Waals surface area contributed by atoms with E-state index >= 15 is 0 Å². The normalized spacial score (nSPS) is 12.7. The third kappa shape index (κ3) is 6.24. The van der Waals surface area contributed by atoms with Gasteiger partial charge in [0.25, 0.3) is 0 Å². The average Bonchev–Trinajstić information content (AvgIpc) is 3.23. The number of hydrogen-bond acceptors (Lipinski definition) is 5. The minimum absolute atomic E-state index is 0.114. The lowest BCUT2D eigenvalue weighted by Crippen LogP contribution is -2.49. The predicted molar refractivity (Wildman–Crippen MR) is 128 cm³/mol. The number of benzene rings is 2. The Balaban J connectivity index is 1.67. The van der Waals surface area contributed by atoms with Crippen LogP contribution in [0.5, 0.6) is 0 Å². The second-order valence-corrected chi connectivity index (χ2v) is 9.30. The SMILES string of the molecule is CCC(C)C(NC(=O)Nc1ccc(F)c(Cl)c1)C(=O)Nc1nnc(-c2ccc(Br)cc2)s1. The molecule has 3 rings (SSSR count). The highest BCUT2D eigenvalue weighted by Gasteiger charge is 2.27. The van der Waals surface area contributed by atoms with E-state index in [1.165, 1.54) is 23.5 Å². The van der Waals surface area contributed by atoms with Crippen molar-refractivity contribution in [1.29, 1.82) is 0 Å². The van der Waals surface area contributed by atoms with Crippen LogP contribution in [0.4, 0.5) is 20.0 Å². The molecule has 2 atom stereocenters. The van der Waals surface area contributed by atoms with E-state index in [4.69, 9.17) is 11.6 Å². The van der Waals surface area contributed by atoms with Gasteiger partial charge in [0.2, 0.25) is 11.0 Å². The van der Waals surface area contributed by atoms with Gasteiger partial charge in [-0.2, -0.15) is 0 Å². The van der Waals surface area contributed by atoms with Crippen LogP contribution >= 0.6 is 38.9 Å². The molecule has 32 heavy (non-hydrogen) atoms. The first kappa shape index (κ1) is 24.1. The molecule has 3 aromatic rings. The van der Waals surface area contributed by atoms with Gasteiger partial charge in [-0.05, 0) is 36.2 Å². The largest absolute Gasteiger partial charge is 0.326 e. The van der Waals surface area contributed by atoms with Gasteiger partial charge in [-0.25, -0.2) is 9.18 Å². The van der Waals surface area contributed by atoms with Gasteiger partial charge in [-0.15, -0.1) is 10.2 Å². The zero-order chi connectivity index (χ0) is 23.3. The summed E-state index contributed by atoms with van der Waals surface area (Å²) in [5.41, 5.74) is 1.18. The smallest absolute Gasteiger partial charge is 0.319 e. The molecule has 0 radical (unpaired) electrons. The summed E-state index contributed by atoms with van der Waals surface area (Å²) >= 11 is 10.4. The highest BCUT2D eigenvalue weighted by Crippen LogP contribution is 2.27. The van der Waals surface area contributed by atoms with Crippen LogP contribution in [0.25, 0.3) is 10.6 Å². The summed E-state index contributed by atoms with van der Waals surface area (Å²) in [6, 6.07) is 9.96. The Labute approximate surface area is 201 Å². The van der Waals surface area contributed by atoms with Crippen LogP contribution in [-0.2, 0) is 4.79 Å². The van der Waals surface area contributed by atoms with E-state index < -0.39 is 23.8 Å². The maximum Gasteiger partial charge on any atom is 0.319 e. The Bertz CT molecular complexity index is 1110. The molecule has 168 valence electrons. The maximum absolute atomic E-state index is 13.3. The Hall–Kier alpha value is -2.56. The van der Waals surface area contributed by atoms with Crippen molar-refractivity contribution in [3.63, 3.8) is 0 Å². The Kier molecular flexibility index (Phi) is 8.16. The van der Waals surface area contributed by atoms with Gasteiger partial charge in [0.05, 0.1) is 5.02 Å². The lowest BCUT2D eigenvalue weighted by atomic mass is 9.98. The molecule has 1 heterocycles. The highest BCUT2D eigenvalue weighted by atomic mass is 79.9. The second kappa shape index (κ2) is 10.8. The molecule has 11 heteroatoms. The zero-order valence-corrected chi connectivity index (χ0v) is 20.3. The number of anilines is 2. The van der Waals surface area contributed by atoms with Crippen LogP contribution in [0.1, 0.15) is 20.3 Å². The molecule has 0 aliphatic rings. The molecule has 0 bridgehead atoms. The number of halogens is 3. The molecule has 3 amide bonds. The van der Waals surface area contributed by atoms with Crippen molar-refractivity contribution in [2.75, 3.05) is 10.6 Å². The molecule has 3 N–H and O–H groups in total. The highest BCUT2D eigenvalue weighted by molar-refractivity contribution is 9.10. The van der Waals surface area contributed by atoms with Gasteiger partial charge in [0, 0.05) is 15.7 Å². The lowest BCUT2D eigenvalue weighted by molar-refractivity contribution is -0.119. The third-order valence-corrected chi connectivity index (χ3v) is 6.41. The van der Waals surface area contributed by atoms with E-state index in [1.807, 2.05) is 38.1 Å². The zero-order valence-electron chi connectivity index (χ0n) is 17.2. The third-order valence-electron chi connectivity index (χ3n) is 4.71. The summed E-state index contributed by atoms with van der Waals surface area (Å²) in [5.74, 6) is -1.16. The number of aromatic nitrogens is 2. The maximum atomic E-state index is 13.3. The van der Waals surface area contributed by atoms with Crippen LogP contribution in [0, 0.1) is 11.7 Å². The summed E-state index contributed by atoms with van der Waals surface area (Å²) < 4.78 is 14.3. The van der Waals surface area contributed by atoms with Crippen molar-refractivity contribution >= 4 is 61.6 Å². The Morgan fingerprint density at radius 3 is 2.53 bits per heavy atom. The number of hydrogen-bond donors (Lipinski definition) is 3. The first-order valence-electron chi connectivity index (χ1n) is 9.69. The lowest BCUT2D eigenvalue weighted by Gasteiger charge is -2.23. The van der Waals surface area contributed by atoms with Crippen molar-refractivity contribution in [3.05, 3.63) is 57.8 Å². The van der Waals surface area contributed by atoms with Gasteiger partial charge in [-0.3, -0.25) is 10.1 Å². The second-order valence-electron chi connectivity index (χ2n) is 7.00. The monoisotopic (exact) mass is 539 g/mol. The van der Waals surface area contributed by atoms with Crippen molar-refractivity contribution in [3.8, 4) is 10.6 Å². The number of nitrogens with one attached hydrogen (secondary N) is 3. The standard InChI is InChI=1S/C21H20BrClFN5O2S/c1-3-11(2)17(26-20(31)25-14-8-9-16(24)15(23)10-14)18(30)27-21-29-28-19(32-21)12-4-6-13(22)7-5-12/h4-11,17H,3H2,1-2H3,(H2,25,26,31)(H,27,29,30). The number of carbonyl (C=O) groups excluding carboxylic acids is 2. The first-order valence-corrected chi connectivity index (χ1v) is 11.7. The average molecular weight is 541 g/mol. The Morgan fingerprint density at radius 1 is 1.16 bits per heavy atom. The molecule has 0 saturated carbocycles. The van der Waals surface area contributed by atoms with Gasteiger partial charge < -0.3 is 10.6 Å². The number of rotatable bonds is 7. The fraction of sp³-hybridized carbons (Fsp3) is 0.238. The summed E-state index contributed by atoms with van der Waals surface area (Å²) in [5, 5.41) is 17.0. The van der Waals surface area contributed by atoms with E-state index in [1.54, 1.807) is 0 Å². The van der Waals surface area contributed by atoms with Crippen LogP contribution in [0.15, 0.2) is 46.9 Å². The predicted octanol–water partition coefficient (Wildman–Crippen LogP) is 5.94. The number of amides is 3. The molecule has 7 nitrogen and oxygen atoms in total. The summed E-state index contributed by atoms with van der Waals surface area (Å²) in [6.07, 6.45) is 0.654. The molecular formula is C21H20BrClFN5O2S. The van der Waals surface area contributed by atoms with E-state index in [0.29, 0.717) is 22.2 Å². The Morgan fingerprint density at radius 2 is 1.88 bits per heavy atom. The van der Waals surface area contributed by atoms with Gasteiger partial charge >= 0.3 is 6.03 Å². The summed E-state index contributed by atoms with van der Waals surface area (Å²) in [7, 11) is 0. The fourth-order valence-electron chi connectivity index (χ4n) is 2.75. The number of carbonyl (C=O) groups is 2. The minimum atomic E-state index is -0.823. The molecule has 2 unspecified atom stereocenters. The van der Waals surface area contributed by atoms with Crippen molar-refractivity contribution in [1.82, 2.24) is 15.5 Å². The number of nitrogens with zero attached hydrogens (tertiary/aromatic N) is 2. The van der Waals surface area contributed by atoms with Gasteiger partial charge in [-0.1, -0.05) is 71.3 Å². The van der Waals surface area contributed by atoms with Crippen molar-refractivity contribution < 1.29 is 14.0 Å². The van der Waals surface area contributed by atoms with Gasteiger partial charge in [0.15, 0.2) is 0 Å². The van der Waals surface area contributed by atoms with Crippen LogP contribution < -0.4 is 16.0 Å². The molecule has 1 aromatic heterocycles. The first-order chi connectivity index (χ1) is 15.3. The topological polar surface area (TPSA) is 96.0 Å². The van der Waals surface area contributed by atoms with E-state index in [2.05, 4.69) is 42.1 Å². The van der Waals surface area contributed by atoms with Crippen molar-refractivity contribution in [2.24, 2.45) is 5.92 Å². The molecule has 0 saturated heterocycles. The van der Waals surface area contributed by atoms with E-state index in [0.717, 1.165) is 16.1 Å². The van der Waals surface area contributed by atoms with Gasteiger partial charge in [0.1, 0.15) is 16.9 Å². The molecule has 0 spiro atoms. The minimum Gasteiger partial charge on any atom is -0.326 e. The van der Waals surface area contributed by atoms with Crippen LogP contribution in [-0.4, -0.2) is 28.2 Å². The molecule has 0 aliphatic carbocycles. The molecule has 0 fully saturated rings.